The predicted molar refractivity (Wildman–Crippen MR) is 75.2 cm³/mol. The van der Waals surface area contributed by atoms with Gasteiger partial charge in [-0.25, -0.2) is 4.79 Å². The number of hydrogen-bond acceptors (Lipinski definition) is 3. The summed E-state index contributed by atoms with van der Waals surface area (Å²) >= 11 is 0. The van der Waals surface area contributed by atoms with Crippen molar-refractivity contribution in [3.05, 3.63) is 35.4 Å². The van der Waals surface area contributed by atoms with E-state index in [1.165, 1.54) is 12.1 Å². The topological polar surface area (TPSA) is 92.4 Å². The van der Waals surface area contributed by atoms with Crippen LogP contribution in [0.3, 0.4) is 0 Å². The third-order valence-corrected chi connectivity index (χ3v) is 3.82. The molecule has 2 unspecified atom stereocenters. The lowest BCUT2D eigenvalue weighted by molar-refractivity contribution is -0.126. The van der Waals surface area contributed by atoms with Gasteiger partial charge in [-0.3, -0.25) is 4.79 Å². The van der Waals surface area contributed by atoms with Gasteiger partial charge < -0.3 is 16.2 Å². The lowest BCUT2D eigenvalue weighted by Crippen LogP contribution is -2.43. The third-order valence-electron chi connectivity index (χ3n) is 3.82. The largest absolute Gasteiger partial charge is 0.478 e. The summed E-state index contributed by atoms with van der Waals surface area (Å²) in [6.45, 7) is 0.405. The van der Waals surface area contributed by atoms with Gasteiger partial charge in [-0.05, 0) is 30.5 Å². The van der Waals surface area contributed by atoms with Crippen molar-refractivity contribution >= 4 is 11.9 Å². The van der Waals surface area contributed by atoms with Crippen LogP contribution in [0.1, 0.15) is 41.6 Å². The molecule has 1 saturated carbocycles. The number of carbonyl (C=O) groups excluding carboxylic acids is 1. The summed E-state index contributed by atoms with van der Waals surface area (Å²) in [7, 11) is 0. The first-order chi connectivity index (χ1) is 9.58. The van der Waals surface area contributed by atoms with Crippen molar-refractivity contribution in [3.8, 4) is 0 Å². The van der Waals surface area contributed by atoms with Crippen LogP contribution in [0, 0.1) is 5.92 Å². The average Bonchev–Trinajstić information content (AvgIpc) is 2.45. The number of nitrogens with two attached hydrogens (primary N) is 1. The number of rotatable bonds is 4. The Bertz CT molecular complexity index is 484. The van der Waals surface area contributed by atoms with Crippen LogP contribution in [0.4, 0.5) is 0 Å². The first kappa shape index (κ1) is 14.5. The Labute approximate surface area is 118 Å². The number of nitrogens with one attached hydrogen (secondary N) is 1. The van der Waals surface area contributed by atoms with Gasteiger partial charge in [0.2, 0.25) is 5.91 Å². The molecular weight excluding hydrogens is 256 g/mol. The van der Waals surface area contributed by atoms with Gasteiger partial charge in [0, 0.05) is 12.6 Å². The second-order valence-corrected chi connectivity index (χ2v) is 5.27. The van der Waals surface area contributed by atoms with Crippen LogP contribution in [-0.2, 0) is 11.3 Å². The molecule has 0 bridgehead atoms. The van der Waals surface area contributed by atoms with Crippen LogP contribution in [-0.4, -0.2) is 23.0 Å². The summed E-state index contributed by atoms with van der Waals surface area (Å²) in [5.41, 5.74) is 7.10. The molecule has 1 aromatic rings. The number of carboxylic acids is 1. The molecule has 5 nitrogen and oxygen atoms in total. The normalized spacial score (nSPS) is 22.2. The lowest BCUT2D eigenvalue weighted by Gasteiger charge is -2.27. The molecule has 0 radical (unpaired) electrons. The highest BCUT2D eigenvalue weighted by molar-refractivity contribution is 5.87. The Morgan fingerprint density at radius 3 is 2.45 bits per heavy atom. The minimum absolute atomic E-state index is 0.000453. The highest BCUT2D eigenvalue weighted by Crippen LogP contribution is 2.23. The lowest BCUT2D eigenvalue weighted by atomic mass is 9.84. The second-order valence-electron chi connectivity index (χ2n) is 5.27. The van der Waals surface area contributed by atoms with Gasteiger partial charge in [-0.2, -0.15) is 0 Å². The number of carbonyl (C=O) groups is 2. The quantitative estimate of drug-likeness (QED) is 0.777. The van der Waals surface area contributed by atoms with E-state index < -0.39 is 5.97 Å². The molecule has 1 aliphatic rings. The maximum Gasteiger partial charge on any atom is 0.335 e. The molecule has 1 aromatic carbocycles. The smallest absolute Gasteiger partial charge is 0.335 e. The fraction of sp³-hybridized carbons (Fsp3) is 0.467. The van der Waals surface area contributed by atoms with E-state index in [9.17, 15) is 9.59 Å². The second kappa shape index (κ2) is 6.52. The maximum atomic E-state index is 12.1. The Balaban J connectivity index is 1.88. The van der Waals surface area contributed by atoms with Crippen LogP contribution >= 0.6 is 0 Å². The monoisotopic (exact) mass is 276 g/mol. The zero-order valence-corrected chi connectivity index (χ0v) is 11.3. The Morgan fingerprint density at radius 2 is 1.85 bits per heavy atom. The molecule has 0 spiro atoms. The van der Waals surface area contributed by atoms with E-state index in [2.05, 4.69) is 5.32 Å². The van der Waals surface area contributed by atoms with Crippen molar-refractivity contribution in [2.75, 3.05) is 0 Å². The standard InChI is InChI=1S/C15H20N2O3/c16-13-4-2-1-3-12(13)14(18)17-9-10-5-7-11(8-6-10)15(19)20/h5-8,12-13H,1-4,9,16H2,(H,17,18)(H,19,20). The Hall–Kier alpha value is -1.88. The third kappa shape index (κ3) is 3.57. The van der Waals surface area contributed by atoms with E-state index >= 15 is 0 Å². The zero-order chi connectivity index (χ0) is 14.5. The van der Waals surface area contributed by atoms with E-state index in [1.807, 2.05) is 0 Å². The summed E-state index contributed by atoms with van der Waals surface area (Å²) in [5, 5.41) is 11.7. The summed E-state index contributed by atoms with van der Waals surface area (Å²) < 4.78 is 0. The highest BCUT2D eigenvalue weighted by atomic mass is 16.4. The average molecular weight is 276 g/mol. The van der Waals surface area contributed by atoms with Crippen molar-refractivity contribution in [3.63, 3.8) is 0 Å². The summed E-state index contributed by atoms with van der Waals surface area (Å²) in [6.07, 6.45) is 3.91. The van der Waals surface area contributed by atoms with Gasteiger partial charge in [0.15, 0.2) is 0 Å². The van der Waals surface area contributed by atoms with Crippen molar-refractivity contribution in [2.45, 2.75) is 38.3 Å². The van der Waals surface area contributed by atoms with Crippen LogP contribution in [0.15, 0.2) is 24.3 Å². The number of hydrogen-bond donors (Lipinski definition) is 3. The SMILES string of the molecule is NC1CCCCC1C(=O)NCc1ccc(C(=O)O)cc1. The summed E-state index contributed by atoms with van der Waals surface area (Å²) in [5.74, 6) is -1.05. The van der Waals surface area contributed by atoms with Gasteiger partial charge >= 0.3 is 5.97 Å². The number of benzene rings is 1. The Morgan fingerprint density at radius 1 is 1.20 bits per heavy atom. The molecule has 4 N–H and O–H groups in total. The molecule has 0 aromatic heterocycles. The number of amides is 1. The molecule has 20 heavy (non-hydrogen) atoms. The molecule has 1 amide bonds. The van der Waals surface area contributed by atoms with E-state index in [-0.39, 0.29) is 23.4 Å². The molecule has 1 fully saturated rings. The fourth-order valence-electron chi connectivity index (χ4n) is 2.57. The first-order valence-corrected chi connectivity index (χ1v) is 6.93. The van der Waals surface area contributed by atoms with Crippen LogP contribution in [0.25, 0.3) is 0 Å². The minimum Gasteiger partial charge on any atom is -0.478 e. The predicted octanol–water partition coefficient (Wildman–Crippen LogP) is 1.52. The number of carboxylic acid groups (broad SMARTS) is 1. The van der Waals surface area contributed by atoms with Crippen molar-refractivity contribution in [1.29, 1.82) is 0 Å². The van der Waals surface area contributed by atoms with E-state index in [0.29, 0.717) is 6.54 Å². The van der Waals surface area contributed by atoms with Crippen molar-refractivity contribution in [1.82, 2.24) is 5.32 Å². The molecular formula is C15H20N2O3. The van der Waals surface area contributed by atoms with Crippen LogP contribution < -0.4 is 11.1 Å². The van der Waals surface area contributed by atoms with E-state index in [0.717, 1.165) is 31.2 Å². The number of aromatic carboxylic acids is 1. The molecule has 0 aliphatic heterocycles. The van der Waals surface area contributed by atoms with E-state index in [1.54, 1.807) is 12.1 Å². The molecule has 5 heteroatoms. The summed E-state index contributed by atoms with van der Waals surface area (Å²) in [6, 6.07) is 6.46. The van der Waals surface area contributed by atoms with Gasteiger partial charge in [-0.1, -0.05) is 25.0 Å². The van der Waals surface area contributed by atoms with Gasteiger partial charge in [0.25, 0.3) is 0 Å². The maximum absolute atomic E-state index is 12.1. The molecule has 0 heterocycles. The molecule has 0 saturated heterocycles. The van der Waals surface area contributed by atoms with Crippen LogP contribution in [0.2, 0.25) is 0 Å². The minimum atomic E-state index is -0.950. The van der Waals surface area contributed by atoms with Gasteiger partial charge in [-0.15, -0.1) is 0 Å². The van der Waals surface area contributed by atoms with Gasteiger partial charge in [0.05, 0.1) is 11.5 Å². The van der Waals surface area contributed by atoms with Crippen molar-refractivity contribution < 1.29 is 14.7 Å². The zero-order valence-electron chi connectivity index (χ0n) is 11.3. The molecule has 2 atom stereocenters. The van der Waals surface area contributed by atoms with E-state index in [4.69, 9.17) is 10.8 Å². The summed E-state index contributed by atoms with van der Waals surface area (Å²) in [4.78, 5) is 22.8. The molecule has 1 aliphatic carbocycles. The Kier molecular flexibility index (Phi) is 4.74. The molecule has 2 rings (SSSR count). The highest BCUT2D eigenvalue weighted by Gasteiger charge is 2.27. The first-order valence-electron chi connectivity index (χ1n) is 6.93. The molecule has 108 valence electrons. The van der Waals surface area contributed by atoms with Crippen molar-refractivity contribution in [2.24, 2.45) is 11.7 Å². The fourth-order valence-corrected chi connectivity index (χ4v) is 2.57. The van der Waals surface area contributed by atoms with Crippen LogP contribution in [0.5, 0.6) is 0 Å². The van der Waals surface area contributed by atoms with Gasteiger partial charge in [0.1, 0.15) is 0 Å².